The summed E-state index contributed by atoms with van der Waals surface area (Å²) >= 11 is 0. The minimum absolute atomic E-state index is 0.00120. The molecule has 0 radical (unpaired) electrons. The molecular formula is C14H21NO4. The van der Waals surface area contributed by atoms with Gasteiger partial charge in [-0.05, 0) is 30.7 Å². The number of nitrogens with two attached hydrogens (primary N) is 1. The van der Waals surface area contributed by atoms with Gasteiger partial charge in [0.1, 0.15) is 0 Å². The van der Waals surface area contributed by atoms with Crippen LogP contribution < -0.4 is 19.9 Å². The Bertz CT molecular complexity index is 410. The first-order valence-corrected chi connectivity index (χ1v) is 6.36. The topological polar surface area (TPSA) is 62.9 Å². The van der Waals surface area contributed by atoms with Crippen molar-refractivity contribution in [1.29, 1.82) is 0 Å². The standard InChI is InChI=1S/C14H21NO4/c1-16-11-6-10(7-12(17-2)14(11)18-3)13-9(8-15)4-5-19-13/h6-7,9,13H,4-5,8,15H2,1-3H3. The van der Waals surface area contributed by atoms with Crippen molar-refractivity contribution in [2.45, 2.75) is 12.5 Å². The van der Waals surface area contributed by atoms with E-state index in [0.717, 1.165) is 18.6 Å². The molecular weight excluding hydrogens is 246 g/mol. The molecule has 1 saturated heterocycles. The summed E-state index contributed by atoms with van der Waals surface area (Å²) in [6.07, 6.45) is 0.983. The number of hydrogen-bond acceptors (Lipinski definition) is 5. The molecule has 1 aromatic carbocycles. The first-order chi connectivity index (χ1) is 9.24. The lowest BCUT2D eigenvalue weighted by atomic mass is 9.95. The molecule has 1 aliphatic rings. The Kier molecular flexibility index (Phi) is 4.50. The van der Waals surface area contributed by atoms with Crippen molar-refractivity contribution >= 4 is 0 Å². The molecule has 0 aliphatic carbocycles. The van der Waals surface area contributed by atoms with E-state index in [1.54, 1.807) is 21.3 Å². The van der Waals surface area contributed by atoms with E-state index in [9.17, 15) is 0 Å². The number of ether oxygens (including phenoxy) is 4. The normalized spacial score (nSPS) is 22.3. The largest absolute Gasteiger partial charge is 0.493 e. The molecule has 5 nitrogen and oxygen atoms in total. The smallest absolute Gasteiger partial charge is 0.203 e. The fourth-order valence-corrected chi connectivity index (χ4v) is 2.51. The van der Waals surface area contributed by atoms with Crippen LogP contribution >= 0.6 is 0 Å². The summed E-state index contributed by atoms with van der Waals surface area (Å²) in [7, 11) is 4.81. The van der Waals surface area contributed by atoms with Crippen molar-refractivity contribution in [2.24, 2.45) is 11.7 Å². The quantitative estimate of drug-likeness (QED) is 0.880. The molecule has 106 valence electrons. The van der Waals surface area contributed by atoms with Gasteiger partial charge in [-0.1, -0.05) is 0 Å². The minimum Gasteiger partial charge on any atom is -0.493 e. The van der Waals surface area contributed by atoms with Gasteiger partial charge in [-0.25, -0.2) is 0 Å². The third kappa shape index (κ3) is 2.62. The van der Waals surface area contributed by atoms with E-state index in [-0.39, 0.29) is 6.10 Å². The van der Waals surface area contributed by atoms with Crippen LogP contribution in [0.1, 0.15) is 18.1 Å². The Labute approximate surface area is 113 Å². The second kappa shape index (κ2) is 6.12. The highest BCUT2D eigenvalue weighted by Crippen LogP contribution is 2.43. The first-order valence-electron chi connectivity index (χ1n) is 6.36. The van der Waals surface area contributed by atoms with Gasteiger partial charge in [0.05, 0.1) is 27.4 Å². The van der Waals surface area contributed by atoms with Crippen LogP contribution in [0.4, 0.5) is 0 Å². The molecule has 1 heterocycles. The molecule has 2 N–H and O–H groups in total. The molecule has 19 heavy (non-hydrogen) atoms. The Morgan fingerprint density at radius 2 is 1.79 bits per heavy atom. The summed E-state index contributed by atoms with van der Waals surface area (Å²) in [5.74, 6) is 2.21. The van der Waals surface area contributed by atoms with Crippen molar-refractivity contribution < 1.29 is 18.9 Å². The van der Waals surface area contributed by atoms with Crippen molar-refractivity contribution in [3.63, 3.8) is 0 Å². The van der Waals surface area contributed by atoms with E-state index in [0.29, 0.717) is 29.7 Å². The Balaban J connectivity index is 2.41. The predicted octanol–water partition coefficient (Wildman–Crippen LogP) is 1.75. The van der Waals surface area contributed by atoms with Gasteiger partial charge in [-0.15, -0.1) is 0 Å². The second-order valence-corrected chi connectivity index (χ2v) is 4.53. The van der Waals surface area contributed by atoms with E-state index in [1.807, 2.05) is 12.1 Å². The van der Waals surface area contributed by atoms with Crippen molar-refractivity contribution in [3.05, 3.63) is 17.7 Å². The molecule has 2 rings (SSSR count). The zero-order valence-electron chi connectivity index (χ0n) is 11.6. The molecule has 5 heteroatoms. The Morgan fingerprint density at radius 1 is 1.16 bits per heavy atom. The van der Waals surface area contributed by atoms with E-state index in [1.165, 1.54) is 0 Å². The molecule has 1 aliphatic heterocycles. The molecule has 0 saturated carbocycles. The van der Waals surface area contributed by atoms with E-state index < -0.39 is 0 Å². The summed E-state index contributed by atoms with van der Waals surface area (Å²) in [4.78, 5) is 0. The molecule has 0 bridgehead atoms. The molecule has 0 aromatic heterocycles. The van der Waals surface area contributed by atoms with Gasteiger partial charge in [-0.2, -0.15) is 0 Å². The van der Waals surface area contributed by atoms with Gasteiger partial charge >= 0.3 is 0 Å². The molecule has 0 spiro atoms. The number of benzene rings is 1. The van der Waals surface area contributed by atoms with Gasteiger partial charge < -0.3 is 24.7 Å². The molecule has 2 unspecified atom stereocenters. The monoisotopic (exact) mass is 267 g/mol. The van der Waals surface area contributed by atoms with Crippen LogP contribution in [0.5, 0.6) is 17.2 Å². The van der Waals surface area contributed by atoms with Gasteiger partial charge in [0, 0.05) is 12.5 Å². The van der Waals surface area contributed by atoms with Crippen molar-refractivity contribution in [2.75, 3.05) is 34.5 Å². The lowest BCUT2D eigenvalue weighted by molar-refractivity contribution is 0.0919. The van der Waals surface area contributed by atoms with Crippen LogP contribution in [0.15, 0.2) is 12.1 Å². The maximum absolute atomic E-state index is 5.79. The molecule has 0 amide bonds. The SMILES string of the molecule is COc1cc(C2OCCC2CN)cc(OC)c1OC. The fraction of sp³-hybridized carbons (Fsp3) is 0.571. The van der Waals surface area contributed by atoms with Crippen LogP contribution in [-0.2, 0) is 4.74 Å². The van der Waals surface area contributed by atoms with Gasteiger partial charge in [0.15, 0.2) is 11.5 Å². The number of methoxy groups -OCH3 is 3. The Morgan fingerprint density at radius 3 is 2.26 bits per heavy atom. The van der Waals surface area contributed by atoms with Gasteiger partial charge in [0.25, 0.3) is 0 Å². The lowest BCUT2D eigenvalue weighted by Gasteiger charge is -2.20. The number of hydrogen-bond donors (Lipinski definition) is 1. The van der Waals surface area contributed by atoms with Crippen LogP contribution in [0.3, 0.4) is 0 Å². The van der Waals surface area contributed by atoms with Gasteiger partial charge in [-0.3, -0.25) is 0 Å². The average Bonchev–Trinajstić information content (AvgIpc) is 2.93. The summed E-state index contributed by atoms with van der Waals surface area (Å²) in [5, 5.41) is 0. The third-order valence-corrected chi connectivity index (χ3v) is 3.53. The highest BCUT2D eigenvalue weighted by Gasteiger charge is 2.30. The molecule has 1 fully saturated rings. The second-order valence-electron chi connectivity index (χ2n) is 4.53. The highest BCUT2D eigenvalue weighted by molar-refractivity contribution is 5.54. The first kappa shape index (κ1) is 14.0. The van der Waals surface area contributed by atoms with Crippen molar-refractivity contribution in [3.8, 4) is 17.2 Å². The van der Waals surface area contributed by atoms with E-state index in [2.05, 4.69) is 0 Å². The highest BCUT2D eigenvalue weighted by atomic mass is 16.5. The Hall–Kier alpha value is -1.46. The van der Waals surface area contributed by atoms with Crippen LogP contribution in [0, 0.1) is 5.92 Å². The zero-order valence-corrected chi connectivity index (χ0v) is 11.6. The molecule has 1 aromatic rings. The van der Waals surface area contributed by atoms with Crippen LogP contribution in [-0.4, -0.2) is 34.5 Å². The zero-order chi connectivity index (χ0) is 13.8. The lowest BCUT2D eigenvalue weighted by Crippen LogP contribution is -2.18. The minimum atomic E-state index is -0.00120. The van der Waals surface area contributed by atoms with E-state index >= 15 is 0 Å². The van der Waals surface area contributed by atoms with Crippen molar-refractivity contribution in [1.82, 2.24) is 0 Å². The average molecular weight is 267 g/mol. The summed E-state index contributed by atoms with van der Waals surface area (Å²) in [6, 6.07) is 3.86. The summed E-state index contributed by atoms with van der Waals surface area (Å²) in [5.41, 5.74) is 6.81. The van der Waals surface area contributed by atoms with Crippen LogP contribution in [0.2, 0.25) is 0 Å². The maximum Gasteiger partial charge on any atom is 0.203 e. The third-order valence-electron chi connectivity index (χ3n) is 3.53. The van der Waals surface area contributed by atoms with Gasteiger partial charge in [0.2, 0.25) is 5.75 Å². The number of rotatable bonds is 5. The van der Waals surface area contributed by atoms with Crippen LogP contribution in [0.25, 0.3) is 0 Å². The molecule has 2 atom stereocenters. The summed E-state index contributed by atoms with van der Waals surface area (Å²) in [6.45, 7) is 1.35. The summed E-state index contributed by atoms with van der Waals surface area (Å²) < 4.78 is 21.8. The fourth-order valence-electron chi connectivity index (χ4n) is 2.51. The maximum atomic E-state index is 5.79. The van der Waals surface area contributed by atoms with E-state index in [4.69, 9.17) is 24.7 Å². The predicted molar refractivity (Wildman–Crippen MR) is 72.0 cm³/mol.